The zero-order valence-electron chi connectivity index (χ0n) is 15.4. The summed E-state index contributed by atoms with van der Waals surface area (Å²) in [7, 11) is 0. The van der Waals surface area contributed by atoms with Gasteiger partial charge in [0.05, 0.1) is 4.92 Å². The van der Waals surface area contributed by atoms with E-state index >= 15 is 0 Å². The number of carbonyl (C=O) groups is 3. The highest BCUT2D eigenvalue weighted by molar-refractivity contribution is 6.07. The van der Waals surface area contributed by atoms with Gasteiger partial charge in [0.25, 0.3) is 11.6 Å². The topological polar surface area (TPSA) is 134 Å². The molecule has 3 rings (SSSR count). The maximum atomic E-state index is 12.5. The summed E-state index contributed by atoms with van der Waals surface area (Å²) in [6.45, 7) is 0.605. The Balaban J connectivity index is 1.40. The zero-order chi connectivity index (χ0) is 20.1. The second-order valence-corrected chi connectivity index (χ2v) is 6.98. The highest BCUT2D eigenvalue weighted by atomic mass is 16.6. The van der Waals surface area contributed by atoms with Crippen LogP contribution in [0.15, 0.2) is 24.3 Å². The fourth-order valence-electron chi connectivity index (χ4n) is 3.68. The fourth-order valence-corrected chi connectivity index (χ4v) is 3.68. The number of urea groups is 1. The number of nitro benzene ring substituents is 1. The van der Waals surface area contributed by atoms with Crippen molar-refractivity contribution in [1.82, 2.24) is 15.5 Å². The molecule has 0 bridgehead atoms. The van der Waals surface area contributed by atoms with Gasteiger partial charge in [0.2, 0.25) is 5.91 Å². The molecule has 1 aliphatic heterocycles. The number of hydrogen-bond acceptors (Lipinski definition) is 6. The van der Waals surface area contributed by atoms with Crippen LogP contribution in [-0.4, -0.2) is 52.8 Å². The van der Waals surface area contributed by atoms with Gasteiger partial charge in [-0.1, -0.05) is 25.0 Å². The first-order chi connectivity index (χ1) is 13.4. The van der Waals surface area contributed by atoms with E-state index in [1.54, 1.807) is 18.2 Å². The van der Waals surface area contributed by atoms with Crippen molar-refractivity contribution in [2.24, 2.45) is 0 Å². The van der Waals surface area contributed by atoms with Crippen LogP contribution in [0.2, 0.25) is 0 Å². The third kappa shape index (κ3) is 4.05. The third-order valence-corrected chi connectivity index (χ3v) is 5.13. The summed E-state index contributed by atoms with van der Waals surface area (Å²) < 4.78 is 0. The van der Waals surface area contributed by atoms with Crippen LogP contribution in [-0.2, 0) is 9.59 Å². The van der Waals surface area contributed by atoms with Gasteiger partial charge in [0.15, 0.2) is 0 Å². The highest BCUT2D eigenvalue weighted by Gasteiger charge is 2.52. The Morgan fingerprint density at radius 2 is 1.93 bits per heavy atom. The molecule has 1 spiro atoms. The first-order valence-electron chi connectivity index (χ1n) is 9.31. The number of imide groups is 1. The maximum absolute atomic E-state index is 12.5. The number of anilines is 1. The minimum Gasteiger partial charge on any atom is -0.378 e. The van der Waals surface area contributed by atoms with Gasteiger partial charge in [0, 0.05) is 32.1 Å². The van der Waals surface area contributed by atoms with Crippen LogP contribution >= 0.6 is 0 Å². The number of rotatable bonds is 8. The number of para-hydroxylation sites is 2. The van der Waals surface area contributed by atoms with Crippen LogP contribution in [0.1, 0.15) is 32.1 Å². The summed E-state index contributed by atoms with van der Waals surface area (Å²) in [5.41, 5.74) is -0.418. The largest absolute Gasteiger partial charge is 0.378 e. The summed E-state index contributed by atoms with van der Waals surface area (Å²) in [4.78, 5) is 48.2. The van der Waals surface area contributed by atoms with E-state index in [1.165, 1.54) is 6.07 Å². The van der Waals surface area contributed by atoms with E-state index in [0.717, 1.165) is 17.7 Å². The molecule has 2 aliphatic rings. The maximum Gasteiger partial charge on any atom is 0.325 e. The van der Waals surface area contributed by atoms with Crippen molar-refractivity contribution in [2.45, 2.75) is 37.6 Å². The molecule has 1 saturated heterocycles. The smallest absolute Gasteiger partial charge is 0.325 e. The van der Waals surface area contributed by atoms with Gasteiger partial charge in [-0.3, -0.25) is 24.6 Å². The van der Waals surface area contributed by atoms with Gasteiger partial charge in [0.1, 0.15) is 11.2 Å². The lowest BCUT2D eigenvalue weighted by Crippen LogP contribution is -2.44. The van der Waals surface area contributed by atoms with Crippen LogP contribution in [0.3, 0.4) is 0 Å². The minimum atomic E-state index is -0.762. The van der Waals surface area contributed by atoms with Crippen LogP contribution in [0.5, 0.6) is 0 Å². The Morgan fingerprint density at radius 3 is 2.64 bits per heavy atom. The van der Waals surface area contributed by atoms with Gasteiger partial charge in [-0.2, -0.15) is 0 Å². The Morgan fingerprint density at radius 1 is 1.21 bits per heavy atom. The summed E-state index contributed by atoms with van der Waals surface area (Å²) in [6, 6.07) is 5.82. The summed E-state index contributed by atoms with van der Waals surface area (Å²) in [6.07, 6.45) is 3.13. The standard InChI is InChI=1S/C18H23N5O5/c24-15(20-11-10-19-13-5-1-2-6-14(13)23(27)28)7-12-22-16(25)18(21-17(22)26)8-3-4-9-18/h1-2,5-6,19H,3-4,7-12H2,(H,20,24)(H,21,26). The van der Waals surface area contributed by atoms with Crippen LogP contribution in [0, 0.1) is 10.1 Å². The lowest BCUT2D eigenvalue weighted by atomic mass is 9.98. The van der Waals surface area contributed by atoms with E-state index < -0.39 is 16.5 Å². The van der Waals surface area contributed by atoms with E-state index in [0.29, 0.717) is 25.1 Å². The highest BCUT2D eigenvalue weighted by Crippen LogP contribution is 2.35. The minimum absolute atomic E-state index is 0.0146. The van der Waals surface area contributed by atoms with Crippen molar-refractivity contribution in [3.63, 3.8) is 0 Å². The summed E-state index contributed by atoms with van der Waals surface area (Å²) in [5.74, 6) is -0.529. The molecule has 0 unspecified atom stereocenters. The zero-order valence-corrected chi connectivity index (χ0v) is 15.4. The molecular weight excluding hydrogens is 366 g/mol. The van der Waals surface area contributed by atoms with E-state index in [1.807, 2.05) is 0 Å². The molecule has 0 aromatic heterocycles. The van der Waals surface area contributed by atoms with E-state index in [-0.39, 0.29) is 37.0 Å². The molecule has 150 valence electrons. The molecular formula is C18H23N5O5. The molecule has 3 N–H and O–H groups in total. The summed E-state index contributed by atoms with van der Waals surface area (Å²) >= 11 is 0. The van der Waals surface area contributed by atoms with E-state index in [4.69, 9.17) is 0 Å². The Labute approximate surface area is 161 Å². The molecule has 0 radical (unpaired) electrons. The van der Waals surface area contributed by atoms with Gasteiger partial charge in [-0.05, 0) is 18.9 Å². The second-order valence-electron chi connectivity index (χ2n) is 6.98. The van der Waals surface area contributed by atoms with Crippen molar-refractivity contribution >= 4 is 29.2 Å². The monoisotopic (exact) mass is 389 g/mol. The van der Waals surface area contributed by atoms with Crippen molar-refractivity contribution in [3.8, 4) is 0 Å². The molecule has 10 nitrogen and oxygen atoms in total. The van der Waals surface area contributed by atoms with Crippen LogP contribution in [0.4, 0.5) is 16.2 Å². The Kier molecular flexibility index (Phi) is 5.76. The van der Waals surface area contributed by atoms with Gasteiger partial charge in [-0.15, -0.1) is 0 Å². The SMILES string of the molecule is O=C(CCN1C(=O)NC2(CCCC2)C1=O)NCCNc1ccccc1[N+](=O)[O-]. The number of nitrogens with one attached hydrogen (secondary N) is 3. The molecule has 1 heterocycles. The van der Waals surface area contributed by atoms with Gasteiger partial charge < -0.3 is 16.0 Å². The first-order valence-corrected chi connectivity index (χ1v) is 9.31. The first kappa shape index (κ1) is 19.6. The molecule has 2 fully saturated rings. The van der Waals surface area contributed by atoms with E-state index in [9.17, 15) is 24.5 Å². The molecule has 4 amide bonds. The van der Waals surface area contributed by atoms with Gasteiger partial charge in [-0.25, -0.2) is 4.79 Å². The molecule has 28 heavy (non-hydrogen) atoms. The summed E-state index contributed by atoms with van der Waals surface area (Å²) in [5, 5.41) is 19.3. The van der Waals surface area contributed by atoms with Crippen molar-refractivity contribution in [2.75, 3.05) is 25.0 Å². The number of benzene rings is 1. The molecule has 1 aromatic carbocycles. The quantitative estimate of drug-likeness (QED) is 0.266. The van der Waals surface area contributed by atoms with Crippen molar-refractivity contribution in [1.29, 1.82) is 0 Å². The Bertz CT molecular complexity index is 790. The molecule has 10 heteroatoms. The van der Waals surface area contributed by atoms with Crippen molar-refractivity contribution in [3.05, 3.63) is 34.4 Å². The molecule has 1 saturated carbocycles. The fraction of sp³-hybridized carbons (Fsp3) is 0.500. The second kappa shape index (κ2) is 8.24. The lowest BCUT2D eigenvalue weighted by molar-refractivity contribution is -0.384. The third-order valence-electron chi connectivity index (χ3n) is 5.13. The number of hydrogen-bond donors (Lipinski definition) is 3. The molecule has 0 atom stereocenters. The number of nitro groups is 1. The van der Waals surface area contributed by atoms with Gasteiger partial charge >= 0.3 is 6.03 Å². The number of carbonyl (C=O) groups excluding carboxylic acids is 3. The van der Waals surface area contributed by atoms with Crippen LogP contribution < -0.4 is 16.0 Å². The number of nitrogens with zero attached hydrogens (tertiary/aromatic N) is 2. The molecule has 1 aliphatic carbocycles. The van der Waals surface area contributed by atoms with E-state index in [2.05, 4.69) is 16.0 Å². The lowest BCUT2D eigenvalue weighted by Gasteiger charge is -2.19. The average Bonchev–Trinajstić information content (AvgIpc) is 3.23. The average molecular weight is 389 g/mol. The Hall–Kier alpha value is -3.17. The predicted molar refractivity (Wildman–Crippen MR) is 101 cm³/mol. The normalized spacial score (nSPS) is 17.6. The van der Waals surface area contributed by atoms with Crippen molar-refractivity contribution < 1.29 is 19.3 Å². The van der Waals surface area contributed by atoms with Crippen LogP contribution in [0.25, 0.3) is 0 Å². The predicted octanol–water partition coefficient (Wildman–Crippen LogP) is 1.38. The molecule has 1 aromatic rings. The number of amides is 4.